The van der Waals surface area contributed by atoms with Crippen LogP contribution in [0.2, 0.25) is 0 Å². The second kappa shape index (κ2) is 10.0. The minimum absolute atomic E-state index is 0. The Kier molecular flexibility index (Phi) is 9.21. The van der Waals surface area contributed by atoms with Crippen molar-refractivity contribution < 1.29 is 14.3 Å². The Balaban J connectivity index is 0.00000441. The Hall–Kier alpha value is -1.79. The average Bonchev–Trinajstić information content (AvgIpc) is 2.46. The van der Waals surface area contributed by atoms with E-state index in [1.807, 2.05) is 6.92 Å². The molecule has 124 valence electrons. The van der Waals surface area contributed by atoms with Crippen LogP contribution in [0.4, 0.5) is 5.69 Å². The Labute approximate surface area is 137 Å². The minimum atomic E-state index is -0.125. The molecule has 7 heteroatoms. The summed E-state index contributed by atoms with van der Waals surface area (Å²) in [7, 11) is 5.16. The fraction of sp³-hybridized carbons (Fsp3) is 0.467. The Bertz CT molecular complexity index is 507. The van der Waals surface area contributed by atoms with Gasteiger partial charge in [0.2, 0.25) is 5.91 Å². The normalized spacial score (nSPS) is 9.64. The van der Waals surface area contributed by atoms with E-state index in [-0.39, 0.29) is 24.2 Å². The number of anilines is 1. The van der Waals surface area contributed by atoms with Gasteiger partial charge in [0.05, 0.1) is 12.3 Å². The van der Waals surface area contributed by atoms with Gasteiger partial charge in [0.25, 0.3) is 5.91 Å². The third-order valence-electron chi connectivity index (χ3n) is 2.81. The molecule has 0 saturated heterocycles. The van der Waals surface area contributed by atoms with Crippen LogP contribution in [-0.4, -0.2) is 51.0 Å². The van der Waals surface area contributed by atoms with E-state index in [1.54, 1.807) is 39.3 Å². The zero-order valence-corrected chi connectivity index (χ0v) is 14.3. The molecule has 0 bridgehead atoms. The molecule has 0 fully saturated rings. The zero-order valence-electron chi connectivity index (χ0n) is 13.4. The summed E-state index contributed by atoms with van der Waals surface area (Å²) in [5, 5.41) is 5.71. The van der Waals surface area contributed by atoms with Crippen LogP contribution in [0, 0.1) is 0 Å². The summed E-state index contributed by atoms with van der Waals surface area (Å²) in [4.78, 5) is 25.3. The maximum atomic E-state index is 12.0. The quantitative estimate of drug-likeness (QED) is 0.799. The van der Waals surface area contributed by atoms with Gasteiger partial charge in [0.1, 0.15) is 5.75 Å². The van der Waals surface area contributed by atoms with Crippen molar-refractivity contribution in [3.8, 4) is 5.75 Å². The number of halogens is 1. The number of nitrogens with zero attached hydrogens (tertiary/aromatic N) is 1. The number of carbonyl (C=O) groups is 2. The van der Waals surface area contributed by atoms with E-state index in [0.29, 0.717) is 36.6 Å². The van der Waals surface area contributed by atoms with Crippen molar-refractivity contribution in [1.29, 1.82) is 0 Å². The molecule has 0 spiro atoms. The second-order valence-corrected chi connectivity index (χ2v) is 4.75. The number of hydrogen-bond donors (Lipinski definition) is 2. The van der Waals surface area contributed by atoms with Crippen LogP contribution in [-0.2, 0) is 4.79 Å². The summed E-state index contributed by atoms with van der Waals surface area (Å²) in [6.07, 6.45) is 0.355. The molecule has 0 aliphatic heterocycles. The average molecular weight is 330 g/mol. The van der Waals surface area contributed by atoms with E-state index in [0.717, 1.165) is 0 Å². The van der Waals surface area contributed by atoms with Crippen molar-refractivity contribution in [2.45, 2.75) is 13.3 Å². The van der Waals surface area contributed by atoms with Crippen molar-refractivity contribution in [3.05, 3.63) is 23.8 Å². The van der Waals surface area contributed by atoms with Crippen LogP contribution in [0.25, 0.3) is 0 Å². The number of hydrogen-bond acceptors (Lipinski definition) is 4. The van der Waals surface area contributed by atoms with E-state index >= 15 is 0 Å². The number of rotatable bonds is 7. The molecule has 0 heterocycles. The SMILES string of the molecule is CCOc1ccc(C(=O)N(C)C)cc1NC(=O)CCNC.Cl. The van der Waals surface area contributed by atoms with Gasteiger partial charge in [-0.15, -0.1) is 12.4 Å². The summed E-state index contributed by atoms with van der Waals surface area (Å²) >= 11 is 0. The highest BCUT2D eigenvalue weighted by Crippen LogP contribution is 2.26. The summed E-state index contributed by atoms with van der Waals surface area (Å²) < 4.78 is 5.48. The van der Waals surface area contributed by atoms with Crippen LogP contribution in [0.1, 0.15) is 23.7 Å². The Morgan fingerprint density at radius 2 is 1.95 bits per heavy atom. The first-order valence-corrected chi connectivity index (χ1v) is 6.92. The molecule has 0 atom stereocenters. The lowest BCUT2D eigenvalue weighted by molar-refractivity contribution is -0.116. The first kappa shape index (κ1) is 20.2. The lowest BCUT2D eigenvalue weighted by atomic mass is 10.1. The lowest BCUT2D eigenvalue weighted by Gasteiger charge is -2.15. The summed E-state index contributed by atoms with van der Waals surface area (Å²) in [5.41, 5.74) is 1.03. The van der Waals surface area contributed by atoms with Crippen LogP contribution < -0.4 is 15.4 Å². The molecule has 1 aromatic rings. The number of nitrogens with one attached hydrogen (secondary N) is 2. The molecule has 0 aromatic heterocycles. The molecule has 1 aromatic carbocycles. The van der Waals surface area contributed by atoms with Crippen LogP contribution >= 0.6 is 12.4 Å². The highest BCUT2D eigenvalue weighted by molar-refractivity contribution is 5.98. The number of ether oxygens (including phenoxy) is 1. The highest BCUT2D eigenvalue weighted by Gasteiger charge is 2.13. The van der Waals surface area contributed by atoms with Crippen molar-refractivity contribution in [3.63, 3.8) is 0 Å². The van der Waals surface area contributed by atoms with Crippen molar-refractivity contribution in [1.82, 2.24) is 10.2 Å². The third kappa shape index (κ3) is 5.91. The van der Waals surface area contributed by atoms with Crippen molar-refractivity contribution >= 4 is 29.9 Å². The van der Waals surface area contributed by atoms with Gasteiger partial charge in [-0.05, 0) is 32.2 Å². The van der Waals surface area contributed by atoms with Gasteiger partial charge in [0.15, 0.2) is 0 Å². The molecule has 0 saturated carbocycles. The topological polar surface area (TPSA) is 70.7 Å². The summed E-state index contributed by atoms with van der Waals surface area (Å²) in [6.45, 7) is 2.94. The van der Waals surface area contributed by atoms with Gasteiger partial charge in [-0.25, -0.2) is 0 Å². The molecule has 0 aliphatic carbocycles. The zero-order chi connectivity index (χ0) is 15.8. The summed E-state index contributed by atoms with van der Waals surface area (Å²) in [5.74, 6) is 0.314. The predicted molar refractivity (Wildman–Crippen MR) is 90.0 cm³/mol. The predicted octanol–water partition coefficient (Wildman–Crippen LogP) is 1.76. The molecule has 2 N–H and O–H groups in total. The van der Waals surface area contributed by atoms with Gasteiger partial charge < -0.3 is 20.3 Å². The van der Waals surface area contributed by atoms with Gasteiger partial charge in [0, 0.05) is 32.6 Å². The largest absolute Gasteiger partial charge is 0.492 e. The van der Waals surface area contributed by atoms with Crippen LogP contribution in [0.5, 0.6) is 5.75 Å². The Morgan fingerprint density at radius 1 is 1.27 bits per heavy atom. The monoisotopic (exact) mass is 329 g/mol. The van der Waals surface area contributed by atoms with E-state index in [2.05, 4.69) is 10.6 Å². The van der Waals surface area contributed by atoms with Crippen LogP contribution in [0.15, 0.2) is 18.2 Å². The fourth-order valence-electron chi connectivity index (χ4n) is 1.75. The van der Waals surface area contributed by atoms with Crippen molar-refractivity contribution in [2.24, 2.45) is 0 Å². The van der Waals surface area contributed by atoms with E-state index in [1.165, 1.54) is 4.90 Å². The standard InChI is InChI=1S/C15H23N3O3.ClH/c1-5-21-13-7-6-11(15(20)18(3)4)10-12(13)17-14(19)8-9-16-2;/h6-7,10,16H,5,8-9H2,1-4H3,(H,17,19);1H. The number of carbonyl (C=O) groups excluding carboxylic acids is 2. The van der Waals surface area contributed by atoms with Crippen molar-refractivity contribution in [2.75, 3.05) is 39.6 Å². The number of amides is 2. The van der Waals surface area contributed by atoms with E-state index < -0.39 is 0 Å². The third-order valence-corrected chi connectivity index (χ3v) is 2.81. The van der Waals surface area contributed by atoms with Gasteiger partial charge in [-0.1, -0.05) is 0 Å². The van der Waals surface area contributed by atoms with E-state index in [4.69, 9.17) is 4.74 Å². The molecule has 22 heavy (non-hydrogen) atoms. The van der Waals surface area contributed by atoms with E-state index in [9.17, 15) is 9.59 Å². The van der Waals surface area contributed by atoms with Crippen LogP contribution in [0.3, 0.4) is 0 Å². The maximum Gasteiger partial charge on any atom is 0.253 e. The molecule has 0 radical (unpaired) electrons. The van der Waals surface area contributed by atoms with Gasteiger partial charge >= 0.3 is 0 Å². The lowest BCUT2D eigenvalue weighted by Crippen LogP contribution is -2.22. The molecule has 1 rings (SSSR count). The molecule has 6 nitrogen and oxygen atoms in total. The number of benzene rings is 1. The summed E-state index contributed by atoms with van der Waals surface area (Å²) in [6, 6.07) is 5.04. The molecule has 2 amide bonds. The second-order valence-electron chi connectivity index (χ2n) is 4.75. The molecule has 0 unspecified atom stereocenters. The highest BCUT2D eigenvalue weighted by atomic mass is 35.5. The first-order valence-electron chi connectivity index (χ1n) is 6.92. The molecule has 0 aliphatic rings. The maximum absolute atomic E-state index is 12.0. The Morgan fingerprint density at radius 3 is 2.50 bits per heavy atom. The van der Waals surface area contributed by atoms with Gasteiger partial charge in [-0.3, -0.25) is 9.59 Å². The first-order chi connectivity index (χ1) is 9.99. The smallest absolute Gasteiger partial charge is 0.253 e. The molecular weight excluding hydrogens is 306 g/mol. The molecular formula is C15H24ClN3O3. The fourth-order valence-corrected chi connectivity index (χ4v) is 1.75. The minimum Gasteiger partial charge on any atom is -0.492 e. The van der Waals surface area contributed by atoms with Gasteiger partial charge in [-0.2, -0.15) is 0 Å².